The first-order valence-corrected chi connectivity index (χ1v) is 13.5. The van der Waals surface area contributed by atoms with Crippen molar-refractivity contribution in [2.45, 2.75) is 43.7 Å². The Hall–Kier alpha value is -3.00. The zero-order chi connectivity index (χ0) is 24.6. The van der Waals surface area contributed by atoms with Crippen molar-refractivity contribution in [1.29, 1.82) is 0 Å². The highest BCUT2D eigenvalue weighted by atomic mass is 32.2. The molecule has 2 aromatic rings. The Morgan fingerprint density at radius 3 is 2.37 bits per heavy atom. The number of carbonyl (C=O) groups is 3. The molecule has 0 spiro atoms. The fourth-order valence-corrected chi connectivity index (χ4v) is 6.36. The molecule has 4 atom stereocenters. The summed E-state index contributed by atoms with van der Waals surface area (Å²) in [5, 5.41) is 15.1. The van der Waals surface area contributed by atoms with Crippen molar-refractivity contribution < 1.29 is 24.2 Å². The van der Waals surface area contributed by atoms with E-state index in [0.29, 0.717) is 25.0 Å². The molecule has 0 saturated heterocycles. The number of alkyl carbamates (subject to hydrolysis) is 1. The van der Waals surface area contributed by atoms with Gasteiger partial charge in [0.05, 0.1) is 5.41 Å². The predicted molar refractivity (Wildman–Crippen MR) is 134 cm³/mol. The van der Waals surface area contributed by atoms with Crippen molar-refractivity contribution in [2.24, 2.45) is 11.3 Å². The summed E-state index contributed by atoms with van der Waals surface area (Å²) < 4.78 is 5.65. The van der Waals surface area contributed by atoms with Gasteiger partial charge in [0.15, 0.2) is 0 Å². The van der Waals surface area contributed by atoms with Crippen LogP contribution >= 0.6 is 11.8 Å². The van der Waals surface area contributed by atoms with Crippen molar-refractivity contribution in [3.8, 4) is 11.1 Å². The van der Waals surface area contributed by atoms with Crippen LogP contribution in [0.1, 0.15) is 42.7 Å². The molecule has 35 heavy (non-hydrogen) atoms. The monoisotopic (exact) mass is 494 g/mol. The average Bonchev–Trinajstić information content (AvgIpc) is 3.28. The third kappa shape index (κ3) is 4.51. The second-order valence-corrected chi connectivity index (χ2v) is 10.8. The third-order valence-corrected chi connectivity index (χ3v) is 8.39. The molecule has 8 heteroatoms. The lowest BCUT2D eigenvalue weighted by Crippen LogP contribution is -2.45. The van der Waals surface area contributed by atoms with E-state index in [0.717, 1.165) is 17.5 Å². The zero-order valence-electron chi connectivity index (χ0n) is 19.7. The number of carboxylic acid groups (broad SMARTS) is 1. The summed E-state index contributed by atoms with van der Waals surface area (Å²) in [4.78, 5) is 37.1. The summed E-state index contributed by atoms with van der Waals surface area (Å²) >= 11 is 1.55. The largest absolute Gasteiger partial charge is 0.480 e. The van der Waals surface area contributed by atoms with Gasteiger partial charge in [-0.15, -0.1) is 0 Å². The molecule has 2 amide bonds. The number of carboxylic acids is 1. The molecule has 184 valence electrons. The molecule has 0 radical (unpaired) electrons. The highest BCUT2D eigenvalue weighted by Crippen LogP contribution is 2.63. The highest BCUT2D eigenvalue weighted by Gasteiger charge is 2.65. The van der Waals surface area contributed by atoms with Gasteiger partial charge in [-0.3, -0.25) is 4.79 Å². The van der Waals surface area contributed by atoms with Crippen molar-refractivity contribution in [3.05, 3.63) is 59.7 Å². The van der Waals surface area contributed by atoms with E-state index in [4.69, 9.17) is 4.74 Å². The van der Waals surface area contributed by atoms with Crippen LogP contribution < -0.4 is 10.6 Å². The molecule has 3 N–H and O–H groups in total. The molecule has 2 aromatic carbocycles. The van der Waals surface area contributed by atoms with Crippen molar-refractivity contribution in [2.75, 3.05) is 18.6 Å². The van der Waals surface area contributed by atoms with Gasteiger partial charge in [0.2, 0.25) is 5.91 Å². The van der Waals surface area contributed by atoms with Crippen LogP contribution in [-0.2, 0) is 14.3 Å². The second-order valence-electron chi connectivity index (χ2n) is 9.81. The number of carbonyl (C=O) groups excluding carboxylic acids is 2. The molecular formula is C27H30N2O5S. The number of hydrogen-bond acceptors (Lipinski definition) is 5. The molecule has 3 aliphatic carbocycles. The Bertz CT molecular complexity index is 1110. The number of thioether (sulfide) groups is 1. The highest BCUT2D eigenvalue weighted by molar-refractivity contribution is 7.98. The number of amides is 2. The topological polar surface area (TPSA) is 105 Å². The van der Waals surface area contributed by atoms with Crippen molar-refractivity contribution in [1.82, 2.24) is 10.6 Å². The minimum absolute atomic E-state index is 0.00325. The first-order valence-electron chi connectivity index (χ1n) is 12.1. The van der Waals surface area contributed by atoms with E-state index in [2.05, 4.69) is 34.9 Å². The van der Waals surface area contributed by atoms with Gasteiger partial charge in [-0.05, 0) is 65.9 Å². The van der Waals surface area contributed by atoms with Gasteiger partial charge in [0.25, 0.3) is 0 Å². The van der Waals surface area contributed by atoms with E-state index in [9.17, 15) is 19.5 Å². The predicted octanol–water partition coefficient (Wildman–Crippen LogP) is 4.02. The van der Waals surface area contributed by atoms with Gasteiger partial charge in [-0.1, -0.05) is 48.5 Å². The molecule has 7 nitrogen and oxygen atoms in total. The lowest BCUT2D eigenvalue weighted by atomic mass is 9.98. The Kier molecular flexibility index (Phi) is 6.49. The number of nitrogens with one attached hydrogen (secondary N) is 2. The molecule has 0 bridgehead atoms. The second kappa shape index (κ2) is 9.57. The van der Waals surface area contributed by atoms with Crippen LogP contribution in [0, 0.1) is 11.3 Å². The van der Waals surface area contributed by atoms with Gasteiger partial charge in [-0.25, -0.2) is 9.59 Å². The number of benzene rings is 2. The average molecular weight is 495 g/mol. The van der Waals surface area contributed by atoms with E-state index >= 15 is 0 Å². The summed E-state index contributed by atoms with van der Waals surface area (Å²) in [6.45, 7) is 0.247. The maximum Gasteiger partial charge on any atom is 0.407 e. The van der Waals surface area contributed by atoms with Crippen molar-refractivity contribution >= 4 is 29.7 Å². The van der Waals surface area contributed by atoms with Gasteiger partial charge in [0.1, 0.15) is 12.6 Å². The number of fused-ring (bicyclic) bond motifs is 4. The summed E-state index contributed by atoms with van der Waals surface area (Å²) in [7, 11) is 0. The third-order valence-electron chi connectivity index (χ3n) is 7.74. The van der Waals surface area contributed by atoms with Gasteiger partial charge in [-0.2, -0.15) is 11.8 Å². The fraction of sp³-hybridized carbons (Fsp3) is 0.444. The Morgan fingerprint density at radius 2 is 1.74 bits per heavy atom. The molecule has 3 aliphatic rings. The molecule has 0 heterocycles. The van der Waals surface area contributed by atoms with Gasteiger partial charge < -0.3 is 20.5 Å². The lowest BCUT2D eigenvalue weighted by Gasteiger charge is -2.21. The molecule has 5 rings (SSSR count). The molecule has 2 fully saturated rings. The SMILES string of the molecule is CSCC[C@H](NC(=O)C12CC(NC(=O)OCC3c4ccccc4-c4ccccc43)CC1C2)C(=O)O. The van der Waals surface area contributed by atoms with Gasteiger partial charge in [0, 0.05) is 12.0 Å². The molecular weight excluding hydrogens is 464 g/mol. The standard InChI is InChI=1S/C27H30N2O5S/c1-35-11-10-23(24(30)31)29-25(32)27-13-16(27)12-17(14-27)28-26(33)34-15-22-20-8-4-2-6-18(20)19-7-3-5-9-21(19)22/h2-9,16-17,22-23H,10-15H2,1H3,(H,28,33)(H,29,32)(H,30,31)/t16?,17?,23-,27?/m0/s1. The van der Waals surface area contributed by atoms with Crippen LogP contribution in [-0.4, -0.2) is 53.8 Å². The Balaban J connectivity index is 1.15. The lowest BCUT2D eigenvalue weighted by molar-refractivity contribution is -0.142. The quantitative estimate of drug-likeness (QED) is 0.487. The van der Waals surface area contributed by atoms with Crippen molar-refractivity contribution in [3.63, 3.8) is 0 Å². The molecule has 0 aliphatic heterocycles. The van der Waals surface area contributed by atoms with Crippen LogP contribution in [0.25, 0.3) is 11.1 Å². The van der Waals surface area contributed by atoms with Crippen LogP contribution in [0.5, 0.6) is 0 Å². The Morgan fingerprint density at radius 1 is 1.09 bits per heavy atom. The number of rotatable bonds is 9. The fourth-order valence-electron chi connectivity index (χ4n) is 5.89. The minimum atomic E-state index is -1.01. The van der Waals surface area contributed by atoms with E-state index in [1.54, 1.807) is 11.8 Å². The maximum atomic E-state index is 12.9. The van der Waals surface area contributed by atoms with Crippen LogP contribution in [0.4, 0.5) is 4.79 Å². The molecule has 0 aromatic heterocycles. The molecule has 3 unspecified atom stereocenters. The maximum absolute atomic E-state index is 12.9. The summed E-state index contributed by atoms with van der Waals surface area (Å²) in [6.07, 6.45) is 3.80. The van der Waals surface area contributed by atoms with E-state index in [1.165, 1.54) is 11.1 Å². The first kappa shape index (κ1) is 23.7. The van der Waals surface area contributed by atoms with Crippen LogP contribution in [0.15, 0.2) is 48.5 Å². The van der Waals surface area contributed by atoms with Crippen LogP contribution in [0.2, 0.25) is 0 Å². The minimum Gasteiger partial charge on any atom is -0.480 e. The summed E-state index contributed by atoms with van der Waals surface area (Å²) in [5.74, 6) is -0.368. The van der Waals surface area contributed by atoms with E-state index in [1.807, 2.05) is 30.5 Å². The number of aliphatic carboxylic acids is 1. The number of ether oxygens (including phenoxy) is 1. The number of hydrogen-bond donors (Lipinski definition) is 3. The summed E-state index contributed by atoms with van der Waals surface area (Å²) in [6, 6.07) is 15.4. The molecule has 2 saturated carbocycles. The Labute approximate surface area is 209 Å². The smallest absolute Gasteiger partial charge is 0.407 e. The first-order chi connectivity index (χ1) is 16.9. The van der Waals surface area contributed by atoms with E-state index in [-0.39, 0.29) is 30.4 Å². The van der Waals surface area contributed by atoms with Crippen LogP contribution in [0.3, 0.4) is 0 Å². The zero-order valence-corrected chi connectivity index (χ0v) is 20.5. The normalized spacial score (nSPS) is 24.6. The summed E-state index contributed by atoms with van der Waals surface area (Å²) in [5.41, 5.74) is 4.12. The van der Waals surface area contributed by atoms with E-state index < -0.39 is 23.5 Å². The van der Waals surface area contributed by atoms with Gasteiger partial charge >= 0.3 is 12.1 Å².